The molecule has 0 radical (unpaired) electrons. The maximum Gasteiger partial charge on any atom is 0.255 e. The summed E-state index contributed by atoms with van der Waals surface area (Å²) in [4.78, 5) is 46.7. The SMILES string of the molecule is O=C1CC[C@@H](N2Cc3cc4c(cc3C2=O)OC[C@H]2CN(CC3COC5(C3)CN(c3ccc([C@H]6c7ccc(O)cc7CC[C@H]6c6ccccc6)cc3)C5)CCN42)C(=O)N1. The number of nitrogens with zero attached hydrogens (tertiary/aromatic N) is 4. The fraction of sp³-hybridized carbons (Fsp3) is 0.426. The van der Waals surface area contributed by atoms with E-state index < -0.39 is 11.9 Å². The molecular formula is C47H49N5O6. The summed E-state index contributed by atoms with van der Waals surface area (Å²) in [6.07, 6.45) is 3.68. The number of anilines is 2. The number of fused-ring (bicyclic) bond motifs is 5. The molecule has 2 N–H and O–H groups in total. The summed E-state index contributed by atoms with van der Waals surface area (Å²) in [5.74, 6) is 1.34. The third-order valence-electron chi connectivity index (χ3n) is 14.1. The van der Waals surface area contributed by atoms with E-state index in [9.17, 15) is 19.5 Å². The van der Waals surface area contributed by atoms with E-state index in [-0.39, 0.29) is 35.8 Å². The summed E-state index contributed by atoms with van der Waals surface area (Å²) in [6.45, 7) is 7.30. The molecule has 11 rings (SSSR count). The Bertz CT molecular complexity index is 2290. The van der Waals surface area contributed by atoms with Crippen molar-refractivity contribution in [2.45, 2.75) is 68.2 Å². The number of aryl methyl sites for hydroxylation is 1. The van der Waals surface area contributed by atoms with Crippen molar-refractivity contribution in [3.05, 3.63) is 118 Å². The van der Waals surface area contributed by atoms with Gasteiger partial charge in [-0.15, -0.1) is 0 Å². The average Bonchev–Trinajstić information content (AvgIpc) is 3.79. The first kappa shape index (κ1) is 35.7. The fourth-order valence-electron chi connectivity index (χ4n) is 11.3. The van der Waals surface area contributed by atoms with Gasteiger partial charge in [0.05, 0.1) is 18.3 Å². The number of hydrogen-bond acceptors (Lipinski definition) is 9. The molecule has 6 aliphatic heterocycles. The Morgan fingerprint density at radius 2 is 1.67 bits per heavy atom. The second-order valence-electron chi connectivity index (χ2n) is 17.7. The number of benzene rings is 4. The van der Waals surface area contributed by atoms with Crippen molar-refractivity contribution in [3.63, 3.8) is 0 Å². The summed E-state index contributed by atoms with van der Waals surface area (Å²) in [5, 5.41) is 12.6. The summed E-state index contributed by atoms with van der Waals surface area (Å²) < 4.78 is 12.9. The van der Waals surface area contributed by atoms with Crippen molar-refractivity contribution in [2.24, 2.45) is 5.92 Å². The third-order valence-corrected chi connectivity index (χ3v) is 14.1. The van der Waals surface area contributed by atoms with Gasteiger partial charge in [0.1, 0.15) is 29.7 Å². The van der Waals surface area contributed by atoms with Crippen LogP contribution in [0.2, 0.25) is 0 Å². The van der Waals surface area contributed by atoms with Gasteiger partial charge in [0, 0.05) is 69.4 Å². The number of nitrogens with one attached hydrogen (secondary N) is 1. The van der Waals surface area contributed by atoms with E-state index >= 15 is 0 Å². The third kappa shape index (κ3) is 6.12. The minimum Gasteiger partial charge on any atom is -0.508 e. The molecule has 0 aromatic heterocycles. The largest absolute Gasteiger partial charge is 0.508 e. The van der Waals surface area contributed by atoms with Gasteiger partial charge in [0.2, 0.25) is 11.8 Å². The first-order chi connectivity index (χ1) is 28.3. The zero-order valence-corrected chi connectivity index (χ0v) is 32.6. The van der Waals surface area contributed by atoms with Gasteiger partial charge in [0.15, 0.2) is 0 Å². The quantitative estimate of drug-likeness (QED) is 0.255. The summed E-state index contributed by atoms with van der Waals surface area (Å²) in [6, 6.07) is 29.5. The van der Waals surface area contributed by atoms with Crippen LogP contribution in [0.1, 0.15) is 75.7 Å². The summed E-state index contributed by atoms with van der Waals surface area (Å²) in [7, 11) is 0. The number of hydrogen-bond donors (Lipinski definition) is 2. The lowest BCUT2D eigenvalue weighted by molar-refractivity contribution is -0.136. The van der Waals surface area contributed by atoms with Crippen LogP contribution in [-0.4, -0.2) is 103 Å². The number of carbonyl (C=O) groups excluding carboxylic acids is 3. The maximum absolute atomic E-state index is 13.4. The Morgan fingerprint density at radius 1 is 0.828 bits per heavy atom. The second-order valence-corrected chi connectivity index (χ2v) is 17.7. The smallest absolute Gasteiger partial charge is 0.255 e. The summed E-state index contributed by atoms with van der Waals surface area (Å²) in [5.41, 5.74) is 8.95. The van der Waals surface area contributed by atoms with Crippen LogP contribution in [-0.2, 0) is 27.3 Å². The van der Waals surface area contributed by atoms with Crippen LogP contribution in [0.25, 0.3) is 0 Å². The average molecular weight is 780 g/mol. The number of carbonyl (C=O) groups is 3. The molecule has 11 heteroatoms. The second kappa shape index (κ2) is 13.9. The van der Waals surface area contributed by atoms with Gasteiger partial charge in [-0.2, -0.15) is 0 Å². The number of amides is 3. The van der Waals surface area contributed by atoms with E-state index in [0.29, 0.717) is 42.7 Å². The Morgan fingerprint density at radius 3 is 2.50 bits per heavy atom. The van der Waals surface area contributed by atoms with E-state index in [0.717, 1.165) is 82.1 Å². The molecule has 58 heavy (non-hydrogen) atoms. The number of rotatable bonds is 6. The van der Waals surface area contributed by atoms with Crippen molar-refractivity contribution in [2.75, 3.05) is 62.3 Å². The molecule has 11 nitrogen and oxygen atoms in total. The first-order valence-corrected chi connectivity index (χ1v) is 21.1. The van der Waals surface area contributed by atoms with E-state index in [2.05, 4.69) is 86.7 Å². The minimum atomic E-state index is -0.628. The van der Waals surface area contributed by atoms with E-state index in [1.165, 1.54) is 27.9 Å². The lowest BCUT2D eigenvalue weighted by atomic mass is 9.69. The predicted molar refractivity (Wildman–Crippen MR) is 218 cm³/mol. The van der Waals surface area contributed by atoms with Gasteiger partial charge in [-0.1, -0.05) is 48.5 Å². The number of ether oxygens (including phenoxy) is 2. The normalized spacial score (nSPS) is 27.3. The highest BCUT2D eigenvalue weighted by atomic mass is 16.5. The van der Waals surface area contributed by atoms with Crippen LogP contribution >= 0.6 is 0 Å². The number of phenols is 1. The van der Waals surface area contributed by atoms with Crippen LogP contribution in [0.3, 0.4) is 0 Å². The molecule has 1 aliphatic carbocycles. The highest BCUT2D eigenvalue weighted by molar-refractivity contribution is 6.06. The van der Waals surface area contributed by atoms with E-state index in [4.69, 9.17) is 9.47 Å². The molecular weight excluding hydrogens is 731 g/mol. The zero-order chi connectivity index (χ0) is 39.1. The number of piperidine rings is 1. The van der Waals surface area contributed by atoms with Gasteiger partial charge in [-0.3, -0.25) is 24.6 Å². The van der Waals surface area contributed by atoms with Gasteiger partial charge < -0.3 is 29.3 Å². The standard InChI is InChI=1S/C47H49N5O6/c53-36-11-13-38-32(18-36)8-12-37(30-4-2-1-3-5-30)44(38)31-6-9-34(10-7-31)50-27-47(28-50)21-29(25-58-47)22-49-16-17-51-35(24-49)26-57-42-20-39-33(19-41(42)51)23-52(46(39)56)40-14-15-43(54)48-45(40)55/h1-7,9-11,13,18-20,29,35,37,40,44,53H,8,12,14-17,21-28H2,(H,48,54,55)/t29?,35-,37+,40-,44-/m1/s1. The number of aromatic hydroxyl groups is 1. The molecule has 5 atom stereocenters. The van der Waals surface area contributed by atoms with Gasteiger partial charge in [-0.25, -0.2) is 0 Å². The van der Waals surface area contributed by atoms with Crippen molar-refractivity contribution < 1.29 is 29.0 Å². The minimum absolute atomic E-state index is 0.0830. The Hall–Kier alpha value is -5.39. The van der Waals surface area contributed by atoms with Crippen molar-refractivity contribution in [3.8, 4) is 11.5 Å². The van der Waals surface area contributed by atoms with Gasteiger partial charge in [0.25, 0.3) is 5.91 Å². The highest BCUT2D eigenvalue weighted by Gasteiger charge is 2.50. The Kier molecular flexibility index (Phi) is 8.55. The monoisotopic (exact) mass is 779 g/mol. The van der Waals surface area contributed by atoms with E-state index in [1.807, 2.05) is 18.2 Å². The zero-order valence-electron chi connectivity index (χ0n) is 32.6. The van der Waals surface area contributed by atoms with Crippen molar-refractivity contribution >= 4 is 29.1 Å². The molecule has 1 unspecified atom stereocenters. The molecule has 0 bridgehead atoms. The Balaban J connectivity index is 0.707. The molecule has 0 saturated carbocycles. The molecule has 298 valence electrons. The van der Waals surface area contributed by atoms with Crippen molar-refractivity contribution in [1.29, 1.82) is 0 Å². The fourth-order valence-corrected chi connectivity index (χ4v) is 11.3. The molecule has 7 aliphatic rings. The molecule has 3 amide bonds. The van der Waals surface area contributed by atoms with E-state index in [1.54, 1.807) is 4.90 Å². The van der Waals surface area contributed by atoms with Gasteiger partial charge >= 0.3 is 0 Å². The molecule has 1 spiro atoms. The predicted octanol–water partition coefficient (Wildman–Crippen LogP) is 5.19. The van der Waals surface area contributed by atoms with Crippen LogP contribution in [0.5, 0.6) is 11.5 Å². The molecule has 4 aromatic rings. The van der Waals surface area contributed by atoms with Crippen LogP contribution in [0.4, 0.5) is 11.4 Å². The van der Waals surface area contributed by atoms with Crippen LogP contribution in [0, 0.1) is 5.92 Å². The van der Waals surface area contributed by atoms with Crippen LogP contribution in [0.15, 0.2) is 84.9 Å². The molecule has 4 saturated heterocycles. The Labute approximate surface area is 338 Å². The first-order valence-electron chi connectivity index (χ1n) is 21.1. The van der Waals surface area contributed by atoms with Crippen LogP contribution < -0.4 is 19.9 Å². The molecule has 6 heterocycles. The summed E-state index contributed by atoms with van der Waals surface area (Å²) >= 11 is 0. The lowest BCUT2D eigenvalue weighted by Crippen LogP contribution is -2.62. The number of imide groups is 1. The maximum atomic E-state index is 13.4. The molecule has 4 fully saturated rings. The molecule has 4 aromatic carbocycles. The van der Waals surface area contributed by atoms with Crippen molar-refractivity contribution in [1.82, 2.24) is 15.1 Å². The highest BCUT2D eigenvalue weighted by Crippen LogP contribution is 2.48. The topological polar surface area (TPSA) is 115 Å². The lowest BCUT2D eigenvalue weighted by Gasteiger charge is -2.49. The number of phenolic OH excluding ortho intramolecular Hbond substituents is 1. The van der Waals surface area contributed by atoms with Gasteiger partial charge in [-0.05, 0) is 102 Å². The number of piperazine rings is 1.